The lowest BCUT2D eigenvalue weighted by atomic mass is 10.1. The molecule has 3 nitrogen and oxygen atoms in total. The summed E-state index contributed by atoms with van der Waals surface area (Å²) in [6.45, 7) is 4.00. The zero-order valence-corrected chi connectivity index (χ0v) is 11.2. The normalized spacial score (nSPS) is 10.5. The molecule has 0 aliphatic heterocycles. The lowest BCUT2D eigenvalue weighted by molar-refractivity contribution is 0.0519. The number of pyridine rings is 1. The number of esters is 1. The van der Waals surface area contributed by atoms with E-state index in [0.717, 1.165) is 20.9 Å². The van der Waals surface area contributed by atoms with Gasteiger partial charge in [-0.15, -0.1) is 0 Å². The largest absolute Gasteiger partial charge is 0.461 e. The van der Waals surface area contributed by atoms with E-state index in [9.17, 15) is 4.79 Å². The predicted molar refractivity (Wildman–Crippen MR) is 70.1 cm³/mol. The minimum Gasteiger partial charge on any atom is -0.461 e. The molecule has 2 aromatic rings. The van der Waals surface area contributed by atoms with Crippen LogP contribution in [0.1, 0.15) is 23.0 Å². The Kier molecular flexibility index (Phi) is 3.43. The lowest BCUT2D eigenvalue weighted by Crippen LogP contribution is -2.09. The van der Waals surface area contributed by atoms with Gasteiger partial charge in [0.05, 0.1) is 12.1 Å². The second kappa shape index (κ2) is 4.84. The second-order valence-electron chi connectivity index (χ2n) is 3.71. The third kappa shape index (κ3) is 2.47. The number of rotatable bonds is 2. The van der Waals surface area contributed by atoms with Crippen LogP contribution in [0.25, 0.3) is 10.9 Å². The van der Waals surface area contributed by atoms with Crippen molar-refractivity contribution in [2.75, 3.05) is 6.61 Å². The highest BCUT2D eigenvalue weighted by Gasteiger charge is 2.13. The molecule has 2 rings (SSSR count). The molecular weight excluding hydrogens is 282 g/mol. The van der Waals surface area contributed by atoms with Gasteiger partial charge in [-0.05, 0) is 37.6 Å². The molecule has 0 saturated heterocycles. The van der Waals surface area contributed by atoms with Crippen LogP contribution in [0, 0.1) is 6.92 Å². The predicted octanol–water partition coefficient (Wildman–Crippen LogP) is 3.48. The monoisotopic (exact) mass is 293 g/mol. The maximum atomic E-state index is 11.7. The number of ether oxygens (including phenoxy) is 1. The molecule has 0 atom stereocenters. The fourth-order valence-corrected chi connectivity index (χ4v) is 2.00. The summed E-state index contributed by atoms with van der Waals surface area (Å²) in [7, 11) is 0. The Morgan fingerprint density at radius 1 is 1.41 bits per heavy atom. The summed E-state index contributed by atoms with van der Waals surface area (Å²) in [6, 6.07) is 7.75. The van der Waals surface area contributed by atoms with Gasteiger partial charge in [0.1, 0.15) is 0 Å². The number of carbonyl (C=O) groups is 1. The number of halogens is 1. The molecule has 0 aliphatic carbocycles. The highest BCUT2D eigenvalue weighted by atomic mass is 79.9. The van der Waals surface area contributed by atoms with Crippen molar-refractivity contribution < 1.29 is 9.53 Å². The average molecular weight is 294 g/mol. The van der Waals surface area contributed by atoms with Crippen molar-refractivity contribution in [2.45, 2.75) is 13.8 Å². The summed E-state index contributed by atoms with van der Waals surface area (Å²) in [5, 5.41) is 1.01. The van der Waals surface area contributed by atoms with E-state index in [1.54, 1.807) is 6.92 Å². The molecule has 4 heteroatoms. The van der Waals surface area contributed by atoms with Crippen molar-refractivity contribution in [3.63, 3.8) is 0 Å². The Morgan fingerprint density at radius 3 is 2.88 bits per heavy atom. The Bertz CT molecular complexity index is 581. The van der Waals surface area contributed by atoms with Crippen LogP contribution >= 0.6 is 15.9 Å². The van der Waals surface area contributed by atoms with Crippen LogP contribution in [0.15, 0.2) is 28.7 Å². The van der Waals surface area contributed by atoms with Crippen LogP contribution in [0.2, 0.25) is 0 Å². The van der Waals surface area contributed by atoms with Gasteiger partial charge in [-0.3, -0.25) is 0 Å². The van der Waals surface area contributed by atoms with Crippen molar-refractivity contribution in [3.05, 3.63) is 40.0 Å². The Labute approximate surface area is 108 Å². The molecule has 0 saturated carbocycles. The van der Waals surface area contributed by atoms with Crippen LogP contribution in [0.4, 0.5) is 0 Å². The van der Waals surface area contributed by atoms with E-state index in [2.05, 4.69) is 20.9 Å². The van der Waals surface area contributed by atoms with Crippen molar-refractivity contribution in [1.29, 1.82) is 0 Å². The zero-order chi connectivity index (χ0) is 12.4. The topological polar surface area (TPSA) is 39.2 Å². The molecule has 0 spiro atoms. The minimum atomic E-state index is -0.369. The number of hydrogen-bond acceptors (Lipinski definition) is 3. The zero-order valence-electron chi connectivity index (χ0n) is 9.66. The van der Waals surface area contributed by atoms with Crippen molar-refractivity contribution >= 4 is 32.8 Å². The molecule has 1 heterocycles. The van der Waals surface area contributed by atoms with Gasteiger partial charge in [0.2, 0.25) is 0 Å². The molecule has 1 aromatic carbocycles. The average Bonchev–Trinajstić information content (AvgIpc) is 2.29. The number of carbonyl (C=O) groups excluding carboxylic acids is 1. The van der Waals surface area contributed by atoms with Gasteiger partial charge in [0, 0.05) is 9.86 Å². The van der Waals surface area contributed by atoms with Gasteiger partial charge in [0.25, 0.3) is 0 Å². The van der Waals surface area contributed by atoms with Gasteiger partial charge in [-0.2, -0.15) is 0 Å². The first kappa shape index (κ1) is 12.0. The van der Waals surface area contributed by atoms with Gasteiger partial charge >= 0.3 is 5.97 Å². The van der Waals surface area contributed by atoms with Gasteiger partial charge in [0.15, 0.2) is 5.69 Å². The third-order valence-corrected chi connectivity index (χ3v) is 2.93. The van der Waals surface area contributed by atoms with Crippen LogP contribution in [0.5, 0.6) is 0 Å². The summed E-state index contributed by atoms with van der Waals surface area (Å²) in [4.78, 5) is 16.0. The van der Waals surface area contributed by atoms with Gasteiger partial charge in [-0.1, -0.05) is 22.0 Å². The van der Waals surface area contributed by atoms with E-state index in [-0.39, 0.29) is 5.97 Å². The summed E-state index contributed by atoms with van der Waals surface area (Å²) < 4.78 is 5.92. The molecule has 0 N–H and O–H groups in total. The van der Waals surface area contributed by atoms with Crippen molar-refractivity contribution in [1.82, 2.24) is 4.98 Å². The highest BCUT2D eigenvalue weighted by molar-refractivity contribution is 9.10. The maximum absolute atomic E-state index is 11.7. The fourth-order valence-electron chi connectivity index (χ4n) is 1.65. The van der Waals surface area contributed by atoms with E-state index in [4.69, 9.17) is 4.74 Å². The van der Waals surface area contributed by atoms with E-state index in [0.29, 0.717) is 12.3 Å². The maximum Gasteiger partial charge on any atom is 0.357 e. The van der Waals surface area contributed by atoms with Crippen LogP contribution < -0.4 is 0 Å². The quantitative estimate of drug-likeness (QED) is 0.796. The van der Waals surface area contributed by atoms with Crippen LogP contribution in [0.3, 0.4) is 0 Å². The molecule has 88 valence electrons. The minimum absolute atomic E-state index is 0.358. The van der Waals surface area contributed by atoms with Gasteiger partial charge in [-0.25, -0.2) is 9.78 Å². The molecule has 0 radical (unpaired) electrons. The number of benzene rings is 1. The summed E-state index contributed by atoms with van der Waals surface area (Å²) in [5.74, 6) is -0.369. The molecule has 0 amide bonds. The molecule has 0 unspecified atom stereocenters. The Hall–Kier alpha value is -1.42. The fraction of sp³-hybridized carbons (Fsp3) is 0.231. The third-order valence-electron chi connectivity index (χ3n) is 2.44. The first-order valence-corrected chi connectivity index (χ1v) is 6.15. The van der Waals surface area contributed by atoms with Crippen LogP contribution in [-0.2, 0) is 4.74 Å². The second-order valence-corrected chi connectivity index (χ2v) is 4.63. The molecule has 1 aromatic heterocycles. The molecule has 0 bridgehead atoms. The number of fused-ring (bicyclic) bond motifs is 1. The first-order chi connectivity index (χ1) is 8.11. The summed E-state index contributed by atoms with van der Waals surface area (Å²) >= 11 is 3.39. The van der Waals surface area contributed by atoms with Crippen molar-refractivity contribution in [2.24, 2.45) is 0 Å². The number of hydrogen-bond donors (Lipinski definition) is 0. The van der Waals surface area contributed by atoms with E-state index >= 15 is 0 Å². The standard InChI is InChI=1S/C13H12BrNO2/c1-3-17-13(16)12-8(2)6-9-4-5-10(14)7-11(9)15-12/h4-7H,3H2,1-2H3. The van der Waals surface area contributed by atoms with Gasteiger partial charge < -0.3 is 4.74 Å². The summed E-state index contributed by atoms with van der Waals surface area (Å²) in [6.07, 6.45) is 0. The number of nitrogens with zero attached hydrogens (tertiary/aromatic N) is 1. The molecule has 17 heavy (non-hydrogen) atoms. The Morgan fingerprint density at radius 2 is 2.18 bits per heavy atom. The SMILES string of the molecule is CCOC(=O)c1nc2cc(Br)ccc2cc1C. The molecular formula is C13H12BrNO2. The summed E-state index contributed by atoms with van der Waals surface area (Å²) in [5.41, 5.74) is 2.00. The first-order valence-electron chi connectivity index (χ1n) is 5.36. The highest BCUT2D eigenvalue weighted by Crippen LogP contribution is 2.21. The molecule has 0 fully saturated rings. The number of aromatic nitrogens is 1. The lowest BCUT2D eigenvalue weighted by Gasteiger charge is -2.06. The van der Waals surface area contributed by atoms with Crippen molar-refractivity contribution in [3.8, 4) is 0 Å². The van der Waals surface area contributed by atoms with E-state index < -0.39 is 0 Å². The van der Waals surface area contributed by atoms with E-state index in [1.807, 2.05) is 31.2 Å². The number of aryl methyl sites for hydroxylation is 1. The Balaban J connectivity index is 2.57. The molecule has 0 aliphatic rings. The van der Waals surface area contributed by atoms with Crippen LogP contribution in [-0.4, -0.2) is 17.6 Å². The van der Waals surface area contributed by atoms with E-state index in [1.165, 1.54) is 0 Å². The smallest absolute Gasteiger partial charge is 0.357 e.